The standard InChI is InChI=1S/C26H23ClFN3O3/c27-19-9-13-21(14-10-19)29-25(33)22-5-1-2-6-23(22)30-24(32)18-4-3-15-31(16-18)26(34)17-7-11-20(28)12-8-17/h1-2,5-14,18H,3-4,15-16H2,(H,29,33)(H,30,32). The molecule has 6 nitrogen and oxygen atoms in total. The lowest BCUT2D eigenvalue weighted by Gasteiger charge is -2.32. The summed E-state index contributed by atoms with van der Waals surface area (Å²) in [5.74, 6) is -1.70. The van der Waals surface area contributed by atoms with Crippen molar-refractivity contribution in [2.75, 3.05) is 23.7 Å². The van der Waals surface area contributed by atoms with Crippen LogP contribution in [0, 0.1) is 11.7 Å². The van der Waals surface area contributed by atoms with Crippen molar-refractivity contribution in [3.63, 3.8) is 0 Å². The molecule has 3 aromatic carbocycles. The Labute approximate surface area is 201 Å². The molecule has 0 aromatic heterocycles. The van der Waals surface area contributed by atoms with Crippen LogP contribution in [0.1, 0.15) is 33.6 Å². The summed E-state index contributed by atoms with van der Waals surface area (Å²) in [7, 11) is 0. The van der Waals surface area contributed by atoms with Gasteiger partial charge in [0.1, 0.15) is 5.82 Å². The third kappa shape index (κ3) is 5.61. The molecule has 0 bridgehead atoms. The fraction of sp³-hybridized carbons (Fsp3) is 0.192. The number of benzene rings is 3. The summed E-state index contributed by atoms with van der Waals surface area (Å²) in [6, 6.07) is 18.8. The highest BCUT2D eigenvalue weighted by Gasteiger charge is 2.29. The quantitative estimate of drug-likeness (QED) is 0.526. The Morgan fingerprint density at radius 2 is 1.62 bits per heavy atom. The van der Waals surface area contributed by atoms with Crippen molar-refractivity contribution in [1.82, 2.24) is 4.90 Å². The molecule has 3 amide bonds. The van der Waals surface area contributed by atoms with Gasteiger partial charge in [-0.1, -0.05) is 23.7 Å². The van der Waals surface area contributed by atoms with E-state index in [2.05, 4.69) is 10.6 Å². The number of piperidine rings is 1. The van der Waals surface area contributed by atoms with E-state index in [0.717, 1.165) is 0 Å². The minimum atomic E-state index is -0.425. The van der Waals surface area contributed by atoms with Crippen molar-refractivity contribution in [3.05, 3.63) is 94.8 Å². The molecule has 3 aromatic rings. The molecule has 2 N–H and O–H groups in total. The average molecular weight is 480 g/mol. The van der Waals surface area contributed by atoms with Crippen molar-refractivity contribution in [3.8, 4) is 0 Å². The van der Waals surface area contributed by atoms with Crippen molar-refractivity contribution in [2.45, 2.75) is 12.8 Å². The smallest absolute Gasteiger partial charge is 0.257 e. The molecule has 8 heteroatoms. The molecule has 0 radical (unpaired) electrons. The van der Waals surface area contributed by atoms with Gasteiger partial charge >= 0.3 is 0 Å². The maximum absolute atomic E-state index is 13.2. The highest BCUT2D eigenvalue weighted by atomic mass is 35.5. The number of nitrogens with zero attached hydrogens (tertiary/aromatic N) is 1. The van der Waals surface area contributed by atoms with Gasteiger partial charge in [0.05, 0.1) is 17.2 Å². The van der Waals surface area contributed by atoms with Crippen LogP contribution in [0.2, 0.25) is 5.02 Å². The zero-order valence-corrected chi connectivity index (χ0v) is 19.0. The fourth-order valence-electron chi connectivity index (χ4n) is 3.91. The van der Waals surface area contributed by atoms with Gasteiger partial charge < -0.3 is 15.5 Å². The van der Waals surface area contributed by atoms with Gasteiger partial charge in [0, 0.05) is 29.4 Å². The number of amides is 3. The summed E-state index contributed by atoms with van der Waals surface area (Å²) in [6.45, 7) is 0.779. The Bertz CT molecular complexity index is 1200. The Kier molecular flexibility index (Phi) is 7.23. The van der Waals surface area contributed by atoms with Crippen LogP contribution < -0.4 is 10.6 Å². The molecule has 1 aliphatic rings. The molecule has 174 valence electrons. The molecule has 34 heavy (non-hydrogen) atoms. The first kappa shape index (κ1) is 23.4. The number of halogens is 2. The predicted molar refractivity (Wildman–Crippen MR) is 130 cm³/mol. The summed E-state index contributed by atoms with van der Waals surface area (Å²) in [5.41, 5.74) is 1.67. The molecule has 0 aliphatic carbocycles. The van der Waals surface area contributed by atoms with E-state index in [9.17, 15) is 18.8 Å². The summed E-state index contributed by atoms with van der Waals surface area (Å²) in [4.78, 5) is 40.3. The number of carbonyl (C=O) groups excluding carboxylic acids is 3. The van der Waals surface area contributed by atoms with E-state index in [1.807, 2.05) is 0 Å². The Balaban J connectivity index is 1.43. The number of rotatable bonds is 5. The van der Waals surface area contributed by atoms with Gasteiger partial charge in [-0.15, -0.1) is 0 Å². The molecule has 1 atom stereocenters. The van der Waals surface area contributed by atoms with Crippen molar-refractivity contribution < 1.29 is 18.8 Å². The van der Waals surface area contributed by atoms with E-state index >= 15 is 0 Å². The first-order valence-electron chi connectivity index (χ1n) is 10.9. The lowest BCUT2D eigenvalue weighted by molar-refractivity contribution is -0.121. The maximum Gasteiger partial charge on any atom is 0.257 e. The largest absolute Gasteiger partial charge is 0.338 e. The van der Waals surface area contributed by atoms with Crippen LogP contribution in [0.5, 0.6) is 0 Å². The van der Waals surface area contributed by atoms with E-state index in [-0.39, 0.29) is 24.3 Å². The summed E-state index contributed by atoms with van der Waals surface area (Å²) < 4.78 is 13.2. The van der Waals surface area contributed by atoms with Crippen LogP contribution in [0.25, 0.3) is 0 Å². The topological polar surface area (TPSA) is 78.5 Å². The van der Waals surface area contributed by atoms with Gasteiger partial charge in [0.25, 0.3) is 11.8 Å². The van der Waals surface area contributed by atoms with Crippen LogP contribution in [-0.4, -0.2) is 35.7 Å². The lowest BCUT2D eigenvalue weighted by Crippen LogP contribution is -2.43. The number of likely N-dealkylation sites (tertiary alicyclic amines) is 1. The summed E-state index contributed by atoms with van der Waals surface area (Å²) >= 11 is 5.89. The summed E-state index contributed by atoms with van der Waals surface area (Å²) in [5, 5.41) is 6.21. The molecule has 1 aliphatic heterocycles. The minimum Gasteiger partial charge on any atom is -0.338 e. The third-order valence-corrected chi connectivity index (χ3v) is 5.95. The van der Waals surface area contributed by atoms with E-state index in [0.29, 0.717) is 46.9 Å². The molecular weight excluding hydrogens is 457 g/mol. The first-order valence-corrected chi connectivity index (χ1v) is 11.3. The molecule has 0 saturated carbocycles. The van der Waals surface area contributed by atoms with Crippen molar-refractivity contribution in [1.29, 1.82) is 0 Å². The molecule has 4 rings (SSSR count). The molecule has 1 heterocycles. The highest BCUT2D eigenvalue weighted by Crippen LogP contribution is 2.23. The second-order valence-electron chi connectivity index (χ2n) is 8.09. The van der Waals surface area contributed by atoms with Crippen LogP contribution in [0.3, 0.4) is 0 Å². The van der Waals surface area contributed by atoms with E-state index in [1.165, 1.54) is 24.3 Å². The number of para-hydroxylation sites is 1. The third-order valence-electron chi connectivity index (χ3n) is 5.70. The number of anilines is 2. The molecular formula is C26H23ClFN3O3. The lowest BCUT2D eigenvalue weighted by atomic mass is 9.96. The minimum absolute atomic E-state index is 0.236. The van der Waals surface area contributed by atoms with E-state index in [4.69, 9.17) is 11.6 Å². The number of carbonyl (C=O) groups is 3. The van der Waals surface area contributed by atoms with Crippen LogP contribution in [0.15, 0.2) is 72.8 Å². The number of hydrogen-bond donors (Lipinski definition) is 2. The second kappa shape index (κ2) is 10.5. The van der Waals surface area contributed by atoms with E-state index < -0.39 is 11.7 Å². The van der Waals surface area contributed by atoms with Crippen LogP contribution >= 0.6 is 11.6 Å². The Hall–Kier alpha value is -3.71. The van der Waals surface area contributed by atoms with E-state index in [1.54, 1.807) is 53.4 Å². The Morgan fingerprint density at radius 3 is 2.35 bits per heavy atom. The van der Waals surface area contributed by atoms with Gasteiger partial charge in [-0.2, -0.15) is 0 Å². The SMILES string of the molecule is O=C(Nc1ccc(Cl)cc1)c1ccccc1NC(=O)C1CCCN(C(=O)c2ccc(F)cc2)C1. The fourth-order valence-corrected chi connectivity index (χ4v) is 4.03. The monoisotopic (exact) mass is 479 g/mol. The summed E-state index contributed by atoms with van der Waals surface area (Å²) in [6.07, 6.45) is 1.29. The van der Waals surface area contributed by atoms with Gasteiger partial charge in [-0.3, -0.25) is 14.4 Å². The van der Waals surface area contributed by atoms with Gasteiger partial charge in [-0.25, -0.2) is 4.39 Å². The van der Waals surface area contributed by atoms with Crippen molar-refractivity contribution in [2.24, 2.45) is 5.92 Å². The zero-order valence-electron chi connectivity index (χ0n) is 18.3. The predicted octanol–water partition coefficient (Wildman–Crippen LogP) is 5.22. The average Bonchev–Trinajstić information content (AvgIpc) is 2.86. The molecule has 1 fully saturated rings. The highest BCUT2D eigenvalue weighted by molar-refractivity contribution is 6.30. The van der Waals surface area contributed by atoms with Gasteiger partial charge in [0.2, 0.25) is 5.91 Å². The zero-order chi connectivity index (χ0) is 24.1. The number of hydrogen-bond acceptors (Lipinski definition) is 3. The second-order valence-corrected chi connectivity index (χ2v) is 8.53. The normalized spacial score (nSPS) is 15.5. The number of nitrogens with one attached hydrogen (secondary N) is 2. The maximum atomic E-state index is 13.2. The van der Waals surface area contributed by atoms with Crippen LogP contribution in [0.4, 0.5) is 15.8 Å². The molecule has 0 spiro atoms. The van der Waals surface area contributed by atoms with Crippen LogP contribution in [-0.2, 0) is 4.79 Å². The van der Waals surface area contributed by atoms with Gasteiger partial charge in [-0.05, 0) is 73.5 Å². The first-order chi connectivity index (χ1) is 16.4. The van der Waals surface area contributed by atoms with Gasteiger partial charge in [0.15, 0.2) is 0 Å². The van der Waals surface area contributed by atoms with Crippen molar-refractivity contribution >= 4 is 40.7 Å². The molecule has 1 unspecified atom stereocenters. The molecule has 1 saturated heterocycles. The Morgan fingerprint density at radius 1 is 0.912 bits per heavy atom.